The van der Waals surface area contributed by atoms with Crippen molar-refractivity contribution in [3.63, 3.8) is 0 Å². The molecule has 0 fully saturated rings. The Morgan fingerprint density at radius 2 is 0.826 bits per heavy atom. The van der Waals surface area contributed by atoms with Crippen LogP contribution in [0.15, 0.2) is 0 Å². The normalized spacial score (nSPS) is 12.2. The van der Waals surface area contributed by atoms with Crippen molar-refractivity contribution in [2.45, 2.75) is 128 Å². The molecule has 1 unspecified atom stereocenters. The van der Waals surface area contributed by atoms with Crippen molar-refractivity contribution in [3.05, 3.63) is 0 Å². The number of hydrogen-bond acceptors (Lipinski definition) is 0. The van der Waals surface area contributed by atoms with Gasteiger partial charge in [-0.1, -0.05) is 0 Å². The van der Waals surface area contributed by atoms with Crippen molar-refractivity contribution in [1.29, 1.82) is 0 Å². The zero-order chi connectivity index (χ0) is 16.3. The zero-order valence-electron chi connectivity index (χ0n) is 16.4. The van der Waals surface area contributed by atoms with E-state index >= 15 is 0 Å². The first kappa shape index (κ1) is 26.3. The van der Waals surface area contributed by atoms with E-state index in [1.54, 1.807) is 0 Å². The summed E-state index contributed by atoms with van der Waals surface area (Å²) in [5.74, 6) is 1.08. The molecule has 0 aliphatic carbocycles. The molecule has 0 N–H and O–H groups in total. The van der Waals surface area contributed by atoms with E-state index in [0.717, 1.165) is 5.92 Å². The summed E-state index contributed by atoms with van der Waals surface area (Å²) in [5.41, 5.74) is 0. The Hall–Kier alpha value is 1.10. The summed E-state index contributed by atoms with van der Waals surface area (Å²) >= 11 is 1.51. The molecule has 0 aromatic heterocycles. The Bertz CT molecular complexity index is 196. The largest absolute Gasteiger partial charge is 1.00 e. The molecule has 0 bridgehead atoms. The van der Waals surface area contributed by atoms with E-state index in [1.165, 1.54) is 132 Å². The molecule has 136 valence electrons. The summed E-state index contributed by atoms with van der Waals surface area (Å²) in [7, 11) is 0. The van der Waals surface area contributed by atoms with Crippen LogP contribution in [0.4, 0.5) is 0 Å². The topological polar surface area (TPSA) is 0 Å². The molecule has 0 aliphatic heterocycles. The van der Waals surface area contributed by atoms with Crippen LogP contribution in [0.2, 0.25) is 5.02 Å². The Balaban J connectivity index is 0. The molecule has 23 heavy (non-hydrogen) atoms. The molecule has 0 saturated heterocycles. The fourth-order valence-corrected chi connectivity index (χ4v) is 4.60. The van der Waals surface area contributed by atoms with E-state index in [4.69, 9.17) is 0 Å². The van der Waals surface area contributed by atoms with Crippen LogP contribution < -0.4 is 17.0 Å². The third-order valence-electron chi connectivity index (χ3n) is 5.09. The number of hydrogen-bond donors (Lipinski definition) is 0. The fraction of sp³-hybridized carbons (Fsp3) is 1.00. The van der Waals surface area contributed by atoms with Gasteiger partial charge in [-0.3, -0.25) is 0 Å². The molecule has 0 rings (SSSR count). The molecule has 1 atom stereocenters. The van der Waals surface area contributed by atoms with Crippen LogP contribution in [0.3, 0.4) is 0 Å². The van der Waals surface area contributed by atoms with Gasteiger partial charge in [-0.2, -0.15) is 0 Å². The van der Waals surface area contributed by atoms with Crippen LogP contribution in [0.1, 0.15) is 123 Å². The van der Waals surface area contributed by atoms with Gasteiger partial charge in [0.15, 0.2) is 0 Å². The monoisotopic (exact) mass is 438 g/mol. The maximum Gasteiger partial charge on any atom is -1.00 e. The van der Waals surface area contributed by atoms with E-state index in [9.17, 15) is 0 Å². The standard InChI is InChI=1S/C21H43.BrH.Zn/c1-4-6-8-10-12-14-16-18-20-21(3)19-17-15-13-11-9-7-5-2;;/h21H,3-20H2,1-2H3;1H;/q;;+1/p-1. The second-order valence-electron chi connectivity index (χ2n) is 7.33. The van der Waals surface area contributed by atoms with Gasteiger partial charge >= 0.3 is 152 Å². The quantitative estimate of drug-likeness (QED) is 0.202. The van der Waals surface area contributed by atoms with E-state index in [1.807, 2.05) is 0 Å². The van der Waals surface area contributed by atoms with Crippen LogP contribution >= 0.6 is 0 Å². The Morgan fingerprint density at radius 3 is 1.13 bits per heavy atom. The minimum absolute atomic E-state index is 0. The maximum atomic E-state index is 2.31. The smallest absolute Gasteiger partial charge is 1.00 e. The number of unbranched alkanes of at least 4 members (excludes halogenated alkanes) is 13. The van der Waals surface area contributed by atoms with Crippen molar-refractivity contribution in [2.24, 2.45) is 5.92 Å². The molecule has 0 spiro atoms. The van der Waals surface area contributed by atoms with Gasteiger partial charge in [0.05, 0.1) is 0 Å². The van der Waals surface area contributed by atoms with Crippen LogP contribution in [-0.2, 0) is 18.3 Å². The molecular formula is C21H43BrZn. The van der Waals surface area contributed by atoms with Gasteiger partial charge in [0.1, 0.15) is 0 Å². The average Bonchev–Trinajstić information content (AvgIpc) is 2.54. The molecular weight excluding hydrogens is 398 g/mol. The van der Waals surface area contributed by atoms with Crippen molar-refractivity contribution < 1.29 is 35.3 Å². The van der Waals surface area contributed by atoms with E-state index in [-0.39, 0.29) is 17.0 Å². The molecule has 0 amide bonds. The first-order chi connectivity index (χ1) is 10.8. The molecule has 2 heteroatoms. The van der Waals surface area contributed by atoms with E-state index in [0.29, 0.717) is 0 Å². The predicted molar refractivity (Wildman–Crippen MR) is 98.1 cm³/mol. The molecule has 0 radical (unpaired) electrons. The molecule has 0 aliphatic rings. The van der Waals surface area contributed by atoms with Crippen LogP contribution in [-0.4, -0.2) is 0 Å². The van der Waals surface area contributed by atoms with Gasteiger partial charge in [0.25, 0.3) is 0 Å². The Labute approximate surface area is 168 Å². The summed E-state index contributed by atoms with van der Waals surface area (Å²) in [6.45, 7) is 4.61. The average molecular weight is 441 g/mol. The molecule has 0 heterocycles. The number of halogens is 1. The van der Waals surface area contributed by atoms with Crippen molar-refractivity contribution in [2.75, 3.05) is 0 Å². The van der Waals surface area contributed by atoms with Crippen LogP contribution in [0, 0.1) is 5.92 Å². The molecule has 0 aromatic carbocycles. The van der Waals surface area contributed by atoms with Crippen molar-refractivity contribution in [1.82, 2.24) is 0 Å². The summed E-state index contributed by atoms with van der Waals surface area (Å²) in [6, 6.07) is 0. The summed E-state index contributed by atoms with van der Waals surface area (Å²) in [6.07, 6.45) is 25.1. The van der Waals surface area contributed by atoms with Gasteiger partial charge in [0.2, 0.25) is 0 Å². The summed E-state index contributed by atoms with van der Waals surface area (Å²) < 4.78 is 0. The minimum atomic E-state index is 0. The minimum Gasteiger partial charge on any atom is -1.00 e. The van der Waals surface area contributed by atoms with Gasteiger partial charge < -0.3 is 17.0 Å². The Morgan fingerprint density at radius 1 is 0.522 bits per heavy atom. The van der Waals surface area contributed by atoms with Crippen molar-refractivity contribution in [3.8, 4) is 0 Å². The third kappa shape index (κ3) is 21.1. The SMILES string of the molecule is CCCCCCCCCCC([CH2][Zn+])CCCCCCCCC.[Br-]. The van der Waals surface area contributed by atoms with Gasteiger partial charge in [-0.25, -0.2) is 0 Å². The van der Waals surface area contributed by atoms with Crippen molar-refractivity contribution >= 4 is 0 Å². The maximum absolute atomic E-state index is 2.31. The summed E-state index contributed by atoms with van der Waals surface area (Å²) in [5, 5.41) is 1.53. The number of rotatable bonds is 18. The van der Waals surface area contributed by atoms with E-state index < -0.39 is 0 Å². The molecule has 0 saturated carbocycles. The second kappa shape index (κ2) is 23.1. The summed E-state index contributed by atoms with van der Waals surface area (Å²) in [4.78, 5) is 0. The van der Waals surface area contributed by atoms with Crippen LogP contribution in [0.5, 0.6) is 0 Å². The fourth-order valence-electron chi connectivity index (χ4n) is 3.39. The van der Waals surface area contributed by atoms with E-state index in [2.05, 4.69) is 13.8 Å². The second-order valence-corrected chi connectivity index (χ2v) is 8.54. The van der Waals surface area contributed by atoms with Gasteiger partial charge in [0, 0.05) is 0 Å². The zero-order valence-corrected chi connectivity index (χ0v) is 20.9. The van der Waals surface area contributed by atoms with Crippen LogP contribution in [0.25, 0.3) is 0 Å². The predicted octanol–water partition coefficient (Wildman–Crippen LogP) is 5.24. The first-order valence-electron chi connectivity index (χ1n) is 10.6. The third-order valence-corrected chi connectivity index (χ3v) is 6.80. The van der Waals surface area contributed by atoms with Gasteiger partial charge in [-0.05, 0) is 0 Å². The first-order valence-corrected chi connectivity index (χ1v) is 12.7. The Kier molecular flexibility index (Phi) is 26.5. The molecule has 0 nitrogen and oxygen atoms in total. The van der Waals surface area contributed by atoms with Gasteiger partial charge in [-0.15, -0.1) is 0 Å². The molecule has 0 aromatic rings.